The topological polar surface area (TPSA) is 78.9 Å². The van der Waals surface area contributed by atoms with Crippen molar-refractivity contribution in [3.8, 4) is 0 Å². The van der Waals surface area contributed by atoms with Crippen molar-refractivity contribution in [1.29, 1.82) is 0 Å². The molecule has 422 valence electrons. The van der Waals surface area contributed by atoms with Crippen LogP contribution in [0.25, 0.3) is 0 Å². The molecule has 0 rings (SSSR count). The van der Waals surface area contributed by atoms with Crippen LogP contribution in [0.5, 0.6) is 0 Å². The van der Waals surface area contributed by atoms with Crippen molar-refractivity contribution >= 4 is 17.9 Å². The molecular formula is C68H114O6. The van der Waals surface area contributed by atoms with Crippen LogP contribution in [0.15, 0.2) is 109 Å². The molecule has 1 unspecified atom stereocenters. The van der Waals surface area contributed by atoms with E-state index >= 15 is 0 Å². The van der Waals surface area contributed by atoms with E-state index in [-0.39, 0.29) is 31.1 Å². The molecule has 0 aromatic carbocycles. The maximum atomic E-state index is 12.9. The number of ether oxygens (including phenoxy) is 3. The van der Waals surface area contributed by atoms with Crippen molar-refractivity contribution in [3.63, 3.8) is 0 Å². The number of carbonyl (C=O) groups is 3. The molecule has 6 heteroatoms. The smallest absolute Gasteiger partial charge is 0.306 e. The van der Waals surface area contributed by atoms with Gasteiger partial charge in [-0.25, -0.2) is 0 Å². The fraction of sp³-hybridized carbons (Fsp3) is 0.691. The van der Waals surface area contributed by atoms with Crippen LogP contribution in [0.3, 0.4) is 0 Å². The van der Waals surface area contributed by atoms with Gasteiger partial charge in [-0.05, 0) is 103 Å². The van der Waals surface area contributed by atoms with Gasteiger partial charge in [-0.15, -0.1) is 0 Å². The summed E-state index contributed by atoms with van der Waals surface area (Å²) < 4.78 is 16.9. The largest absolute Gasteiger partial charge is 0.462 e. The molecule has 1 atom stereocenters. The molecule has 0 radical (unpaired) electrons. The van der Waals surface area contributed by atoms with E-state index in [2.05, 4.69) is 130 Å². The minimum Gasteiger partial charge on any atom is -0.462 e. The number of carbonyl (C=O) groups excluding carboxylic acids is 3. The molecule has 74 heavy (non-hydrogen) atoms. The summed E-state index contributed by atoms with van der Waals surface area (Å²) in [6.45, 7) is 6.38. The summed E-state index contributed by atoms with van der Waals surface area (Å²) in [5.41, 5.74) is 0. The van der Waals surface area contributed by atoms with E-state index in [1.54, 1.807) is 0 Å². The zero-order valence-corrected chi connectivity index (χ0v) is 48.3. The van der Waals surface area contributed by atoms with E-state index in [0.29, 0.717) is 19.3 Å². The number of hydrogen-bond donors (Lipinski definition) is 0. The highest BCUT2D eigenvalue weighted by molar-refractivity contribution is 5.71. The van der Waals surface area contributed by atoms with Crippen LogP contribution in [0.2, 0.25) is 0 Å². The molecule has 0 saturated carbocycles. The third-order valence-corrected chi connectivity index (χ3v) is 13.0. The summed E-state index contributed by atoms with van der Waals surface area (Å²) >= 11 is 0. The lowest BCUT2D eigenvalue weighted by Gasteiger charge is -2.18. The molecule has 0 bridgehead atoms. The average molecular weight is 1030 g/mol. The minimum absolute atomic E-state index is 0.101. The highest BCUT2D eigenvalue weighted by Gasteiger charge is 2.19. The molecule has 0 aliphatic carbocycles. The zero-order valence-electron chi connectivity index (χ0n) is 48.3. The van der Waals surface area contributed by atoms with Crippen LogP contribution in [-0.4, -0.2) is 37.2 Å². The first kappa shape index (κ1) is 70.1. The Kier molecular flexibility index (Phi) is 58.3. The molecule has 6 nitrogen and oxygen atoms in total. The van der Waals surface area contributed by atoms with Crippen molar-refractivity contribution in [3.05, 3.63) is 109 Å². The quantitative estimate of drug-likeness (QED) is 0.0261. The highest BCUT2D eigenvalue weighted by atomic mass is 16.6. The predicted octanol–water partition coefficient (Wildman–Crippen LogP) is 21.0. The lowest BCUT2D eigenvalue weighted by atomic mass is 10.0. The Labute approximate surface area is 457 Å². The lowest BCUT2D eigenvalue weighted by molar-refractivity contribution is -0.167. The SMILES string of the molecule is CC/C=C\C/C=C\C/C=C\C/C=C\C/C=C\CCCCCCCC(=O)OCC(COC(=O)CCCC/C=C\C/C=C\C/C=C\C/C=C\CC)OC(=O)CCCCCCCCCCCCCCCCCCCCCC. The molecule has 0 amide bonds. The predicted molar refractivity (Wildman–Crippen MR) is 320 cm³/mol. The Hall–Kier alpha value is -3.93. The molecule has 0 aliphatic rings. The van der Waals surface area contributed by atoms with Gasteiger partial charge in [0.15, 0.2) is 6.10 Å². The average Bonchev–Trinajstić information content (AvgIpc) is 3.40. The number of hydrogen-bond acceptors (Lipinski definition) is 6. The van der Waals surface area contributed by atoms with Gasteiger partial charge in [0.1, 0.15) is 13.2 Å². The Bertz CT molecular complexity index is 1510. The van der Waals surface area contributed by atoms with Gasteiger partial charge in [0.05, 0.1) is 0 Å². The molecule has 0 fully saturated rings. The van der Waals surface area contributed by atoms with Crippen molar-refractivity contribution in [1.82, 2.24) is 0 Å². The highest BCUT2D eigenvalue weighted by Crippen LogP contribution is 2.16. The second-order valence-electron chi connectivity index (χ2n) is 20.2. The number of unbranched alkanes of at least 4 members (excludes halogenated alkanes) is 26. The first-order valence-corrected chi connectivity index (χ1v) is 30.9. The van der Waals surface area contributed by atoms with Gasteiger partial charge in [0, 0.05) is 19.3 Å². The van der Waals surface area contributed by atoms with E-state index in [1.165, 1.54) is 109 Å². The van der Waals surface area contributed by atoms with Gasteiger partial charge in [0.2, 0.25) is 0 Å². The van der Waals surface area contributed by atoms with E-state index in [1.807, 2.05) is 0 Å². The number of esters is 3. The lowest BCUT2D eigenvalue weighted by Crippen LogP contribution is -2.30. The minimum atomic E-state index is -0.805. The third kappa shape index (κ3) is 59.0. The van der Waals surface area contributed by atoms with Crippen LogP contribution >= 0.6 is 0 Å². The fourth-order valence-corrected chi connectivity index (χ4v) is 8.46. The summed E-state index contributed by atoms with van der Waals surface area (Å²) in [5, 5.41) is 0. The molecule has 0 aliphatic heterocycles. The third-order valence-electron chi connectivity index (χ3n) is 13.0. The second-order valence-corrected chi connectivity index (χ2v) is 20.2. The van der Waals surface area contributed by atoms with Crippen molar-refractivity contribution in [2.75, 3.05) is 13.2 Å². The van der Waals surface area contributed by atoms with Crippen LogP contribution < -0.4 is 0 Å². The van der Waals surface area contributed by atoms with Crippen LogP contribution in [0, 0.1) is 0 Å². The molecule has 0 heterocycles. The first-order valence-electron chi connectivity index (χ1n) is 30.9. The van der Waals surface area contributed by atoms with Crippen LogP contribution in [-0.2, 0) is 28.6 Å². The Morgan fingerprint density at radius 1 is 0.284 bits per heavy atom. The van der Waals surface area contributed by atoms with Gasteiger partial charge in [-0.1, -0.05) is 271 Å². The van der Waals surface area contributed by atoms with E-state index in [4.69, 9.17) is 14.2 Å². The van der Waals surface area contributed by atoms with Gasteiger partial charge in [0.25, 0.3) is 0 Å². The van der Waals surface area contributed by atoms with E-state index in [0.717, 1.165) is 135 Å². The summed E-state index contributed by atoms with van der Waals surface area (Å²) in [4.78, 5) is 38.3. The van der Waals surface area contributed by atoms with Crippen LogP contribution in [0.4, 0.5) is 0 Å². The van der Waals surface area contributed by atoms with Crippen molar-refractivity contribution in [2.24, 2.45) is 0 Å². The standard InChI is InChI=1S/C68H114O6/c1-4-7-10-13-16-19-22-25-28-30-32-34-36-37-40-43-46-49-52-55-58-61-67(70)73-64-65(63-72-66(69)60-57-54-51-48-45-42-39-27-24-21-18-15-12-9-6-3)74-68(71)62-59-56-53-50-47-44-41-38-35-33-31-29-26-23-20-17-14-11-8-5-2/h7,9-10,12,16,18-19,21,25,27-28,32,34,37,39-40,45,48,65H,4-6,8,11,13-15,17,20,22-24,26,29-31,33,35-36,38,41-44,46-47,49-64H2,1-3H3/b10-7-,12-9-,19-16-,21-18-,28-25-,34-32-,39-27-,40-37-,48-45-. The summed E-state index contributed by atoms with van der Waals surface area (Å²) in [6, 6.07) is 0. The Morgan fingerprint density at radius 3 is 0.851 bits per heavy atom. The van der Waals surface area contributed by atoms with Crippen molar-refractivity contribution in [2.45, 2.75) is 290 Å². The van der Waals surface area contributed by atoms with E-state index in [9.17, 15) is 14.4 Å². The molecule has 0 saturated heterocycles. The monoisotopic (exact) mass is 1030 g/mol. The second kappa shape index (κ2) is 61.6. The Morgan fingerprint density at radius 2 is 0.527 bits per heavy atom. The van der Waals surface area contributed by atoms with Gasteiger partial charge in [-0.3, -0.25) is 14.4 Å². The van der Waals surface area contributed by atoms with Gasteiger partial charge < -0.3 is 14.2 Å². The molecule has 0 N–H and O–H groups in total. The normalized spacial score (nSPS) is 12.9. The first-order chi connectivity index (χ1) is 36.5. The molecular weight excluding hydrogens is 913 g/mol. The fourth-order valence-electron chi connectivity index (χ4n) is 8.46. The maximum Gasteiger partial charge on any atom is 0.306 e. The van der Waals surface area contributed by atoms with Gasteiger partial charge in [-0.2, -0.15) is 0 Å². The van der Waals surface area contributed by atoms with Crippen molar-refractivity contribution < 1.29 is 28.6 Å². The molecule has 0 aromatic heterocycles. The van der Waals surface area contributed by atoms with E-state index < -0.39 is 6.10 Å². The number of allylic oxidation sites excluding steroid dienone is 18. The summed E-state index contributed by atoms with van der Waals surface area (Å²) in [5.74, 6) is -0.953. The van der Waals surface area contributed by atoms with Crippen LogP contribution in [0.1, 0.15) is 284 Å². The maximum absolute atomic E-state index is 12.9. The zero-order chi connectivity index (χ0) is 53.6. The molecule has 0 aromatic rings. The summed E-state index contributed by atoms with van der Waals surface area (Å²) in [6.07, 6.45) is 83.8. The number of rotatable bonds is 55. The summed E-state index contributed by atoms with van der Waals surface area (Å²) in [7, 11) is 0. The Balaban J connectivity index is 4.44. The molecule has 0 spiro atoms. The van der Waals surface area contributed by atoms with Gasteiger partial charge >= 0.3 is 17.9 Å².